The van der Waals surface area contributed by atoms with Crippen LogP contribution in [-0.2, 0) is 9.53 Å². The zero-order valence-electron chi connectivity index (χ0n) is 20.4. The van der Waals surface area contributed by atoms with Gasteiger partial charge in [0.1, 0.15) is 6.61 Å². The fourth-order valence-electron chi connectivity index (χ4n) is 3.99. The summed E-state index contributed by atoms with van der Waals surface area (Å²) < 4.78 is 18.5. The highest BCUT2D eigenvalue weighted by molar-refractivity contribution is 7.07. The molecule has 4 rings (SSSR count). The second-order valence-corrected chi connectivity index (χ2v) is 9.83. The van der Waals surface area contributed by atoms with Crippen molar-refractivity contribution in [2.75, 3.05) is 20.3 Å². The summed E-state index contributed by atoms with van der Waals surface area (Å²) in [6.07, 6.45) is 3.32. The maximum Gasteiger partial charge on any atom is 0.338 e. The topological polar surface area (TPSA) is 79.1 Å². The summed E-state index contributed by atoms with van der Waals surface area (Å²) in [6, 6.07) is 9.53. The molecule has 0 spiro atoms. The van der Waals surface area contributed by atoms with Crippen LogP contribution < -0.4 is 24.4 Å². The number of benzene rings is 2. The molecule has 0 aliphatic carbocycles. The Balaban J connectivity index is 1.94. The van der Waals surface area contributed by atoms with Gasteiger partial charge in [-0.05, 0) is 55.3 Å². The van der Waals surface area contributed by atoms with Crippen LogP contribution in [0.25, 0.3) is 6.08 Å². The van der Waals surface area contributed by atoms with E-state index in [1.165, 1.54) is 23.0 Å². The minimum absolute atomic E-state index is 0.180. The molecule has 0 saturated heterocycles. The van der Waals surface area contributed by atoms with Crippen LogP contribution in [0.4, 0.5) is 0 Å². The molecule has 3 aromatic rings. The van der Waals surface area contributed by atoms with E-state index in [-0.39, 0.29) is 17.7 Å². The molecule has 192 valence electrons. The van der Waals surface area contributed by atoms with Gasteiger partial charge in [0.2, 0.25) is 0 Å². The van der Waals surface area contributed by atoms with E-state index >= 15 is 0 Å². The van der Waals surface area contributed by atoms with Crippen molar-refractivity contribution >= 4 is 46.6 Å². The number of methoxy groups -OCH3 is 1. The van der Waals surface area contributed by atoms with Crippen molar-refractivity contribution in [3.8, 4) is 11.5 Å². The predicted octanol–water partition coefficient (Wildman–Crippen LogP) is 4.68. The number of ether oxygens (including phenoxy) is 3. The van der Waals surface area contributed by atoms with Crippen molar-refractivity contribution in [2.45, 2.75) is 19.9 Å². The Bertz CT molecular complexity index is 1590. The number of halogens is 2. The van der Waals surface area contributed by atoms with Crippen molar-refractivity contribution in [3.63, 3.8) is 0 Å². The number of thiazole rings is 1. The number of esters is 1. The predicted molar refractivity (Wildman–Crippen MR) is 146 cm³/mol. The van der Waals surface area contributed by atoms with Crippen molar-refractivity contribution < 1.29 is 19.0 Å². The molecule has 10 heteroatoms. The molecule has 0 N–H and O–H groups in total. The maximum atomic E-state index is 13.7. The number of allylic oxidation sites excluding steroid dienone is 1. The summed E-state index contributed by atoms with van der Waals surface area (Å²) in [5.41, 5.74) is 1.69. The van der Waals surface area contributed by atoms with Gasteiger partial charge in [-0.25, -0.2) is 9.79 Å². The summed E-state index contributed by atoms with van der Waals surface area (Å²) in [5.74, 6) is 0.413. The molecule has 0 bridgehead atoms. The van der Waals surface area contributed by atoms with Crippen molar-refractivity contribution in [3.05, 3.63) is 101 Å². The van der Waals surface area contributed by atoms with E-state index in [2.05, 4.69) is 11.6 Å². The molecule has 1 aliphatic heterocycles. The lowest BCUT2D eigenvalue weighted by Crippen LogP contribution is -2.40. The first-order valence-corrected chi connectivity index (χ1v) is 12.9. The Hall–Kier alpha value is -3.33. The minimum atomic E-state index is -0.791. The highest BCUT2D eigenvalue weighted by Crippen LogP contribution is 2.36. The second kappa shape index (κ2) is 11.4. The molecule has 1 unspecified atom stereocenters. The quantitative estimate of drug-likeness (QED) is 0.296. The van der Waals surface area contributed by atoms with Crippen LogP contribution in [0.1, 0.15) is 31.0 Å². The van der Waals surface area contributed by atoms with E-state index in [0.29, 0.717) is 54.3 Å². The Labute approximate surface area is 227 Å². The Morgan fingerprint density at radius 3 is 2.68 bits per heavy atom. The monoisotopic (exact) mass is 558 g/mol. The molecule has 2 aromatic carbocycles. The number of fused-ring (bicyclic) bond motifs is 1. The van der Waals surface area contributed by atoms with Crippen molar-refractivity contribution in [1.29, 1.82) is 0 Å². The fraction of sp³-hybridized carbons (Fsp3) is 0.222. The highest BCUT2D eigenvalue weighted by Gasteiger charge is 2.34. The molecule has 1 aromatic heterocycles. The lowest BCUT2D eigenvalue weighted by atomic mass is 9.95. The van der Waals surface area contributed by atoms with Crippen LogP contribution in [0.2, 0.25) is 10.0 Å². The average Bonchev–Trinajstić information content (AvgIpc) is 3.17. The summed E-state index contributed by atoms with van der Waals surface area (Å²) in [7, 11) is 1.52. The average molecular weight is 559 g/mol. The summed E-state index contributed by atoms with van der Waals surface area (Å²) in [5, 5.41) is 0.908. The minimum Gasteiger partial charge on any atom is -0.493 e. The summed E-state index contributed by atoms with van der Waals surface area (Å²) in [6.45, 7) is 7.60. The smallest absolute Gasteiger partial charge is 0.338 e. The third-order valence-electron chi connectivity index (χ3n) is 5.63. The molecule has 0 radical (unpaired) electrons. The van der Waals surface area contributed by atoms with Gasteiger partial charge in [-0.3, -0.25) is 9.36 Å². The van der Waals surface area contributed by atoms with E-state index < -0.39 is 12.0 Å². The Morgan fingerprint density at radius 2 is 2.00 bits per heavy atom. The third-order valence-corrected chi connectivity index (χ3v) is 7.17. The van der Waals surface area contributed by atoms with Crippen LogP contribution in [0.15, 0.2) is 70.1 Å². The van der Waals surface area contributed by atoms with E-state index in [1.807, 2.05) is 0 Å². The van der Waals surface area contributed by atoms with E-state index in [9.17, 15) is 9.59 Å². The lowest BCUT2D eigenvalue weighted by molar-refractivity contribution is -0.139. The first kappa shape index (κ1) is 26.7. The number of nitrogens with zero attached hydrogens (tertiary/aromatic N) is 2. The molecule has 0 amide bonds. The number of hydrogen-bond acceptors (Lipinski definition) is 7. The maximum absolute atomic E-state index is 13.7. The third kappa shape index (κ3) is 5.37. The SMILES string of the molecule is C=CCOc1ccc(C2C(C(=O)OCC)=C(C)N=c3sc(=Cc4ccc(Cl)cc4Cl)c(=O)n32)cc1OC. The van der Waals surface area contributed by atoms with Gasteiger partial charge in [0, 0.05) is 10.0 Å². The van der Waals surface area contributed by atoms with Gasteiger partial charge in [0.05, 0.1) is 35.6 Å². The van der Waals surface area contributed by atoms with Crippen LogP contribution in [-0.4, -0.2) is 30.9 Å². The van der Waals surface area contributed by atoms with Gasteiger partial charge in [0.15, 0.2) is 16.3 Å². The van der Waals surface area contributed by atoms with Gasteiger partial charge in [0.25, 0.3) is 5.56 Å². The summed E-state index contributed by atoms with van der Waals surface area (Å²) >= 11 is 13.6. The molecule has 2 heterocycles. The number of rotatable bonds is 8. The molecule has 7 nitrogen and oxygen atoms in total. The molecule has 0 saturated carbocycles. The largest absolute Gasteiger partial charge is 0.493 e. The van der Waals surface area contributed by atoms with E-state index in [0.717, 1.165) is 0 Å². The number of aromatic nitrogens is 1. The van der Waals surface area contributed by atoms with Crippen LogP contribution >= 0.6 is 34.5 Å². The second-order valence-electron chi connectivity index (χ2n) is 7.98. The van der Waals surface area contributed by atoms with Gasteiger partial charge in [-0.2, -0.15) is 0 Å². The van der Waals surface area contributed by atoms with E-state index in [1.54, 1.807) is 62.4 Å². The van der Waals surface area contributed by atoms with Gasteiger partial charge < -0.3 is 14.2 Å². The molecular formula is C27H24Cl2N2O5S. The lowest BCUT2D eigenvalue weighted by Gasteiger charge is -2.25. The standard InChI is InChI=1S/C27H24Cl2N2O5S/c1-5-11-36-20-10-8-17(12-21(20)34-4)24-23(26(33)35-6-2)15(3)30-27-31(24)25(32)22(37-27)13-16-7-9-18(28)14-19(16)29/h5,7-10,12-14,24H,1,6,11H2,2-4H3. The van der Waals surface area contributed by atoms with Gasteiger partial charge in [-0.1, -0.05) is 59.3 Å². The Kier molecular flexibility index (Phi) is 8.22. The molecular weight excluding hydrogens is 535 g/mol. The first-order chi connectivity index (χ1) is 17.8. The highest BCUT2D eigenvalue weighted by atomic mass is 35.5. The zero-order chi connectivity index (χ0) is 26.7. The van der Waals surface area contributed by atoms with Crippen LogP contribution in [0.5, 0.6) is 11.5 Å². The number of hydrogen-bond donors (Lipinski definition) is 0. The first-order valence-electron chi connectivity index (χ1n) is 11.3. The number of carbonyl (C=O) groups excluding carboxylic acids is 1. The Morgan fingerprint density at radius 1 is 1.22 bits per heavy atom. The molecule has 37 heavy (non-hydrogen) atoms. The van der Waals surface area contributed by atoms with E-state index in [4.69, 9.17) is 37.4 Å². The molecule has 0 fully saturated rings. The van der Waals surface area contributed by atoms with Crippen molar-refractivity contribution in [1.82, 2.24) is 4.57 Å². The fourth-order valence-corrected chi connectivity index (χ4v) is 5.49. The van der Waals surface area contributed by atoms with Gasteiger partial charge in [-0.15, -0.1) is 0 Å². The number of carbonyl (C=O) groups is 1. The van der Waals surface area contributed by atoms with Crippen LogP contribution in [0.3, 0.4) is 0 Å². The summed E-state index contributed by atoms with van der Waals surface area (Å²) in [4.78, 5) is 31.9. The van der Waals surface area contributed by atoms with Crippen molar-refractivity contribution in [2.24, 2.45) is 4.99 Å². The van der Waals surface area contributed by atoms with Crippen LogP contribution in [0, 0.1) is 0 Å². The normalized spacial score (nSPS) is 15.2. The molecule has 1 aliphatic rings. The zero-order valence-corrected chi connectivity index (χ0v) is 22.7. The van der Waals surface area contributed by atoms with Gasteiger partial charge >= 0.3 is 5.97 Å². The molecule has 1 atom stereocenters.